The Labute approximate surface area is 147 Å². The fraction of sp³-hybridized carbons (Fsp3) is 0.300. The Bertz CT molecular complexity index is 738. The normalized spacial score (nSPS) is 10.3. The van der Waals surface area contributed by atoms with Crippen molar-refractivity contribution in [3.8, 4) is 5.75 Å². The lowest BCUT2D eigenvalue weighted by atomic mass is 10.1. The molecule has 5 heteroatoms. The topological polar surface area (TPSA) is 75.6 Å². The molecule has 0 saturated heterocycles. The second-order valence-electron chi connectivity index (χ2n) is 6.05. The standard InChI is InChI=1S/C20H23NO4/c1-14-6-8-16(9-7-14)4-3-5-19(22)21-18-11-10-17(12-15(18)2)25-13-20(23)24/h6-12H,3-5,13H2,1-2H3,(H,21,22)(H,23,24). The molecule has 0 radical (unpaired) electrons. The molecule has 0 bridgehead atoms. The number of hydrogen-bond acceptors (Lipinski definition) is 3. The van der Waals surface area contributed by atoms with E-state index >= 15 is 0 Å². The average Bonchev–Trinajstić information content (AvgIpc) is 2.57. The smallest absolute Gasteiger partial charge is 0.341 e. The molecule has 0 unspecified atom stereocenters. The van der Waals surface area contributed by atoms with E-state index in [1.165, 1.54) is 11.1 Å². The van der Waals surface area contributed by atoms with Crippen LogP contribution in [0.3, 0.4) is 0 Å². The molecule has 2 aromatic rings. The fourth-order valence-electron chi connectivity index (χ4n) is 2.43. The van der Waals surface area contributed by atoms with E-state index in [9.17, 15) is 9.59 Å². The van der Waals surface area contributed by atoms with Crippen molar-refractivity contribution < 1.29 is 19.4 Å². The molecular weight excluding hydrogens is 318 g/mol. The number of hydrogen-bond donors (Lipinski definition) is 2. The molecule has 0 spiro atoms. The third kappa shape index (κ3) is 6.30. The summed E-state index contributed by atoms with van der Waals surface area (Å²) in [5.74, 6) is -0.588. The molecule has 0 fully saturated rings. The van der Waals surface area contributed by atoms with Gasteiger partial charge in [-0.15, -0.1) is 0 Å². The lowest BCUT2D eigenvalue weighted by Crippen LogP contribution is -2.13. The lowest BCUT2D eigenvalue weighted by molar-refractivity contribution is -0.139. The number of carboxylic acids is 1. The van der Waals surface area contributed by atoms with Crippen molar-refractivity contribution in [1.29, 1.82) is 0 Å². The molecule has 0 aliphatic heterocycles. The van der Waals surface area contributed by atoms with Crippen LogP contribution in [0.2, 0.25) is 0 Å². The molecule has 2 aromatic carbocycles. The summed E-state index contributed by atoms with van der Waals surface area (Å²) >= 11 is 0. The molecule has 132 valence electrons. The Morgan fingerprint density at radius 2 is 1.80 bits per heavy atom. The largest absolute Gasteiger partial charge is 0.482 e. The SMILES string of the molecule is Cc1ccc(CCCC(=O)Nc2ccc(OCC(=O)O)cc2C)cc1. The van der Waals surface area contributed by atoms with Crippen molar-refractivity contribution in [2.45, 2.75) is 33.1 Å². The number of amides is 1. The molecular formula is C20H23NO4. The van der Waals surface area contributed by atoms with Gasteiger partial charge in [0, 0.05) is 12.1 Å². The third-order valence-corrected chi connectivity index (χ3v) is 3.82. The summed E-state index contributed by atoms with van der Waals surface area (Å²) in [6.45, 7) is 3.51. The minimum atomic E-state index is -1.02. The van der Waals surface area contributed by atoms with E-state index in [2.05, 4.69) is 36.5 Å². The van der Waals surface area contributed by atoms with Crippen LogP contribution >= 0.6 is 0 Å². The van der Waals surface area contributed by atoms with E-state index in [0.29, 0.717) is 17.9 Å². The first-order chi connectivity index (χ1) is 11.9. The second kappa shape index (κ2) is 8.87. The van der Waals surface area contributed by atoms with Gasteiger partial charge >= 0.3 is 5.97 Å². The molecule has 1 amide bonds. The number of aryl methyl sites for hydroxylation is 3. The minimum absolute atomic E-state index is 0.0329. The first-order valence-corrected chi connectivity index (χ1v) is 8.24. The molecule has 25 heavy (non-hydrogen) atoms. The Morgan fingerprint density at radius 3 is 2.44 bits per heavy atom. The fourth-order valence-corrected chi connectivity index (χ4v) is 2.43. The summed E-state index contributed by atoms with van der Waals surface area (Å²) in [5, 5.41) is 11.5. The number of aliphatic carboxylic acids is 1. The van der Waals surface area contributed by atoms with E-state index in [4.69, 9.17) is 9.84 Å². The number of anilines is 1. The maximum Gasteiger partial charge on any atom is 0.341 e. The van der Waals surface area contributed by atoms with Gasteiger partial charge in [0.1, 0.15) is 5.75 Å². The molecule has 2 rings (SSSR count). The van der Waals surface area contributed by atoms with Crippen molar-refractivity contribution in [3.63, 3.8) is 0 Å². The number of carbonyl (C=O) groups is 2. The monoisotopic (exact) mass is 341 g/mol. The van der Waals surface area contributed by atoms with Gasteiger partial charge in [0.15, 0.2) is 6.61 Å². The Kier molecular flexibility index (Phi) is 6.57. The second-order valence-corrected chi connectivity index (χ2v) is 6.05. The van der Waals surface area contributed by atoms with Gasteiger partial charge in [0.2, 0.25) is 5.91 Å². The minimum Gasteiger partial charge on any atom is -0.482 e. The molecule has 0 heterocycles. The maximum atomic E-state index is 12.1. The van der Waals surface area contributed by atoms with Crippen molar-refractivity contribution >= 4 is 17.6 Å². The van der Waals surface area contributed by atoms with E-state index < -0.39 is 5.97 Å². The average molecular weight is 341 g/mol. The van der Waals surface area contributed by atoms with Gasteiger partial charge in [0.25, 0.3) is 0 Å². The predicted molar refractivity (Wildman–Crippen MR) is 97.1 cm³/mol. The zero-order valence-electron chi connectivity index (χ0n) is 14.5. The molecule has 0 aromatic heterocycles. The summed E-state index contributed by atoms with van der Waals surface area (Å²) in [6.07, 6.45) is 2.10. The molecule has 5 nitrogen and oxygen atoms in total. The lowest BCUT2D eigenvalue weighted by Gasteiger charge is -2.11. The number of carboxylic acid groups (broad SMARTS) is 1. The van der Waals surface area contributed by atoms with E-state index in [1.54, 1.807) is 18.2 Å². The van der Waals surface area contributed by atoms with E-state index in [0.717, 1.165) is 18.4 Å². The van der Waals surface area contributed by atoms with Crippen molar-refractivity contribution in [2.75, 3.05) is 11.9 Å². The highest BCUT2D eigenvalue weighted by atomic mass is 16.5. The quantitative estimate of drug-likeness (QED) is 0.767. The van der Waals surface area contributed by atoms with Gasteiger partial charge in [0.05, 0.1) is 0 Å². The van der Waals surface area contributed by atoms with Crippen LogP contribution in [-0.4, -0.2) is 23.6 Å². The Hall–Kier alpha value is -2.82. The number of nitrogens with one attached hydrogen (secondary N) is 1. The molecule has 0 aliphatic rings. The number of ether oxygens (including phenoxy) is 1. The van der Waals surface area contributed by atoms with Crippen LogP contribution in [-0.2, 0) is 16.0 Å². The van der Waals surface area contributed by atoms with Crippen molar-refractivity contribution in [1.82, 2.24) is 0 Å². The highest BCUT2D eigenvalue weighted by Gasteiger charge is 2.07. The summed E-state index contributed by atoms with van der Waals surface area (Å²) < 4.78 is 5.12. The van der Waals surface area contributed by atoms with Crippen molar-refractivity contribution in [3.05, 3.63) is 59.2 Å². The van der Waals surface area contributed by atoms with Crippen LogP contribution in [0, 0.1) is 13.8 Å². The van der Waals surface area contributed by atoms with Gasteiger partial charge in [-0.2, -0.15) is 0 Å². The zero-order chi connectivity index (χ0) is 18.2. The van der Waals surface area contributed by atoms with E-state index in [1.807, 2.05) is 6.92 Å². The van der Waals surface area contributed by atoms with Gasteiger partial charge in [-0.1, -0.05) is 29.8 Å². The summed E-state index contributed by atoms with van der Waals surface area (Å²) in [7, 11) is 0. The Balaban J connectivity index is 1.81. The van der Waals surface area contributed by atoms with E-state index in [-0.39, 0.29) is 12.5 Å². The van der Waals surface area contributed by atoms with Gasteiger partial charge in [-0.05, 0) is 56.0 Å². The highest BCUT2D eigenvalue weighted by molar-refractivity contribution is 5.91. The van der Waals surface area contributed by atoms with Crippen LogP contribution in [0.25, 0.3) is 0 Å². The molecule has 0 aliphatic carbocycles. The van der Waals surface area contributed by atoms with Gasteiger partial charge < -0.3 is 15.2 Å². The zero-order valence-corrected chi connectivity index (χ0v) is 14.5. The molecule has 0 saturated carbocycles. The van der Waals surface area contributed by atoms with Crippen LogP contribution in [0.4, 0.5) is 5.69 Å². The van der Waals surface area contributed by atoms with Crippen LogP contribution in [0.5, 0.6) is 5.75 Å². The van der Waals surface area contributed by atoms with Crippen LogP contribution < -0.4 is 10.1 Å². The highest BCUT2D eigenvalue weighted by Crippen LogP contribution is 2.21. The van der Waals surface area contributed by atoms with Gasteiger partial charge in [-0.3, -0.25) is 4.79 Å². The summed E-state index contributed by atoms with van der Waals surface area (Å²) in [4.78, 5) is 22.6. The summed E-state index contributed by atoms with van der Waals surface area (Å²) in [6, 6.07) is 13.4. The number of carbonyl (C=O) groups excluding carboxylic acids is 1. The number of benzene rings is 2. The number of rotatable bonds is 8. The van der Waals surface area contributed by atoms with Crippen LogP contribution in [0.15, 0.2) is 42.5 Å². The summed E-state index contributed by atoms with van der Waals surface area (Å²) in [5.41, 5.74) is 4.00. The Morgan fingerprint density at radius 1 is 1.08 bits per heavy atom. The first-order valence-electron chi connectivity index (χ1n) is 8.24. The molecule has 2 N–H and O–H groups in total. The molecule has 0 atom stereocenters. The maximum absolute atomic E-state index is 12.1. The van der Waals surface area contributed by atoms with Gasteiger partial charge in [-0.25, -0.2) is 4.79 Å². The predicted octanol–water partition coefficient (Wildman–Crippen LogP) is 3.73. The van der Waals surface area contributed by atoms with Crippen LogP contribution in [0.1, 0.15) is 29.5 Å². The first kappa shape index (κ1) is 18.5. The third-order valence-electron chi connectivity index (χ3n) is 3.82. The van der Waals surface area contributed by atoms with Crippen molar-refractivity contribution in [2.24, 2.45) is 0 Å².